The molecule has 188 valence electrons. The molecule has 2 aromatic carbocycles. The van der Waals surface area contributed by atoms with Crippen LogP contribution in [-0.2, 0) is 0 Å². The molecule has 2 fully saturated rings. The Labute approximate surface area is 214 Å². The normalized spacial score (nSPS) is 21.8. The number of likely N-dealkylation sites (tertiary alicyclic amines) is 2. The molecule has 0 saturated carbocycles. The molecule has 2 atom stereocenters. The Morgan fingerprint density at radius 3 is 2.49 bits per heavy atom. The van der Waals surface area contributed by atoms with E-state index in [0.29, 0.717) is 12.5 Å². The molecule has 0 spiro atoms. The molecule has 3 heterocycles. The number of methoxy groups -OCH3 is 1. The summed E-state index contributed by atoms with van der Waals surface area (Å²) in [6.45, 7) is 6.34. The second kappa shape index (κ2) is 11.0. The molecule has 2 unspecified atom stereocenters. The summed E-state index contributed by atoms with van der Waals surface area (Å²) >= 11 is 0. The van der Waals surface area contributed by atoms with Gasteiger partial charge in [0.15, 0.2) is 11.5 Å². The second-order valence-electron chi connectivity index (χ2n) is 9.66. The van der Waals surface area contributed by atoms with Crippen LogP contribution in [0.4, 0.5) is 0 Å². The maximum atomic E-state index is 12.9. The van der Waals surface area contributed by atoms with Crippen molar-refractivity contribution in [3.63, 3.8) is 0 Å². The zero-order valence-electron chi connectivity index (χ0n) is 21.0. The average molecular weight is 498 g/mol. The number of halogens is 1. The molecule has 2 aromatic rings. The molecule has 35 heavy (non-hydrogen) atoms. The standard InChI is InChI=1S/C28H35N3O3.ClH/c1-4-34-26-16-21-22(17-25(26)33-3)27(29-24-12-15-30(2)18-23(21)24)19-8-10-20(11-9-19)28(32)31-13-6-5-7-14-31;/h8-11,16-17,23-24H,4-7,12-15,18H2,1-3H3;1H. The second-order valence-corrected chi connectivity index (χ2v) is 9.66. The third-order valence-electron chi connectivity index (χ3n) is 7.41. The molecule has 7 heteroatoms. The number of likely N-dealkylation sites (N-methyl/N-ethyl adjacent to an activating group) is 1. The molecule has 2 saturated heterocycles. The van der Waals surface area contributed by atoms with Crippen LogP contribution in [0.2, 0.25) is 0 Å². The number of piperidine rings is 2. The highest BCUT2D eigenvalue weighted by molar-refractivity contribution is 6.15. The Kier molecular flexibility index (Phi) is 8.02. The van der Waals surface area contributed by atoms with Gasteiger partial charge in [0.2, 0.25) is 0 Å². The fraction of sp³-hybridized carbons (Fsp3) is 0.500. The minimum atomic E-state index is 0. The van der Waals surface area contributed by atoms with Crippen molar-refractivity contribution in [2.75, 3.05) is 46.9 Å². The largest absolute Gasteiger partial charge is 0.493 e. The fourth-order valence-electron chi connectivity index (χ4n) is 5.59. The number of fused-ring (bicyclic) bond motifs is 3. The molecule has 1 amide bonds. The molecule has 3 aliphatic heterocycles. The summed E-state index contributed by atoms with van der Waals surface area (Å²) in [6.07, 6.45) is 4.45. The molecule has 3 aliphatic rings. The number of carbonyl (C=O) groups excluding carboxylic acids is 1. The number of rotatable bonds is 5. The van der Waals surface area contributed by atoms with Gasteiger partial charge in [0, 0.05) is 42.2 Å². The van der Waals surface area contributed by atoms with Crippen molar-refractivity contribution in [2.45, 2.75) is 44.6 Å². The van der Waals surface area contributed by atoms with Gasteiger partial charge in [0.25, 0.3) is 5.91 Å². The van der Waals surface area contributed by atoms with E-state index in [1.54, 1.807) is 7.11 Å². The van der Waals surface area contributed by atoms with Crippen molar-refractivity contribution in [2.24, 2.45) is 4.99 Å². The maximum absolute atomic E-state index is 12.9. The molecule has 5 rings (SSSR count). The summed E-state index contributed by atoms with van der Waals surface area (Å²) in [4.78, 5) is 22.6. The third kappa shape index (κ3) is 5.05. The lowest BCUT2D eigenvalue weighted by molar-refractivity contribution is 0.0724. The van der Waals surface area contributed by atoms with Gasteiger partial charge < -0.3 is 19.3 Å². The number of hydrogen-bond donors (Lipinski definition) is 0. The van der Waals surface area contributed by atoms with E-state index in [-0.39, 0.29) is 24.4 Å². The van der Waals surface area contributed by atoms with E-state index in [1.807, 2.05) is 24.0 Å². The van der Waals surface area contributed by atoms with E-state index < -0.39 is 0 Å². The predicted octanol–water partition coefficient (Wildman–Crippen LogP) is 4.78. The lowest BCUT2D eigenvalue weighted by atomic mass is 9.79. The van der Waals surface area contributed by atoms with Gasteiger partial charge in [-0.3, -0.25) is 9.79 Å². The van der Waals surface area contributed by atoms with E-state index in [4.69, 9.17) is 14.5 Å². The van der Waals surface area contributed by atoms with Crippen LogP contribution < -0.4 is 9.47 Å². The number of hydrogen-bond acceptors (Lipinski definition) is 5. The summed E-state index contributed by atoms with van der Waals surface area (Å²) in [7, 11) is 3.86. The van der Waals surface area contributed by atoms with Crippen LogP contribution in [0, 0.1) is 0 Å². The first-order chi connectivity index (χ1) is 16.6. The van der Waals surface area contributed by atoms with Gasteiger partial charge in [0.05, 0.1) is 25.5 Å². The first-order valence-electron chi connectivity index (χ1n) is 12.6. The topological polar surface area (TPSA) is 54.4 Å². The van der Waals surface area contributed by atoms with Crippen molar-refractivity contribution in [1.29, 1.82) is 0 Å². The summed E-state index contributed by atoms with van der Waals surface area (Å²) < 4.78 is 11.6. The Balaban J connectivity index is 0.00000289. The highest BCUT2D eigenvalue weighted by atomic mass is 35.5. The SMILES string of the molecule is CCOc1cc2c(cc1OC)C(c1ccc(C(=O)N3CCCCC3)cc1)=NC1CCN(C)CC21.Cl. The molecular weight excluding hydrogens is 462 g/mol. The quantitative estimate of drug-likeness (QED) is 0.596. The minimum Gasteiger partial charge on any atom is -0.493 e. The average Bonchev–Trinajstić information content (AvgIpc) is 2.88. The van der Waals surface area contributed by atoms with E-state index in [9.17, 15) is 4.79 Å². The van der Waals surface area contributed by atoms with Crippen molar-refractivity contribution in [3.8, 4) is 11.5 Å². The first-order valence-corrected chi connectivity index (χ1v) is 12.6. The molecule has 0 aliphatic carbocycles. The van der Waals surface area contributed by atoms with Crippen molar-refractivity contribution in [1.82, 2.24) is 9.80 Å². The van der Waals surface area contributed by atoms with E-state index >= 15 is 0 Å². The zero-order chi connectivity index (χ0) is 23.7. The number of ether oxygens (including phenoxy) is 2. The molecule has 0 bridgehead atoms. The Morgan fingerprint density at radius 1 is 1.06 bits per heavy atom. The van der Waals surface area contributed by atoms with Crippen LogP contribution in [0.25, 0.3) is 0 Å². The van der Waals surface area contributed by atoms with Crippen LogP contribution in [0.15, 0.2) is 41.4 Å². The van der Waals surface area contributed by atoms with E-state index in [2.05, 4.69) is 36.2 Å². The number of amides is 1. The van der Waals surface area contributed by atoms with Crippen molar-refractivity contribution in [3.05, 3.63) is 58.7 Å². The highest BCUT2D eigenvalue weighted by Crippen LogP contribution is 2.42. The van der Waals surface area contributed by atoms with Crippen molar-refractivity contribution < 1.29 is 14.3 Å². The maximum Gasteiger partial charge on any atom is 0.253 e. The summed E-state index contributed by atoms with van der Waals surface area (Å²) in [5.41, 5.74) is 5.16. The smallest absolute Gasteiger partial charge is 0.253 e. The summed E-state index contributed by atoms with van der Waals surface area (Å²) in [5, 5.41) is 0. The molecule has 0 N–H and O–H groups in total. The highest BCUT2D eigenvalue weighted by Gasteiger charge is 2.36. The summed E-state index contributed by atoms with van der Waals surface area (Å²) in [6, 6.07) is 12.5. The van der Waals surface area contributed by atoms with Gasteiger partial charge in [-0.1, -0.05) is 12.1 Å². The zero-order valence-corrected chi connectivity index (χ0v) is 21.8. The van der Waals surface area contributed by atoms with Crippen LogP contribution in [-0.4, -0.2) is 74.4 Å². The summed E-state index contributed by atoms with van der Waals surface area (Å²) in [5.74, 6) is 1.99. The van der Waals surface area contributed by atoms with Gasteiger partial charge in [-0.2, -0.15) is 0 Å². The lowest BCUT2D eigenvalue weighted by Crippen LogP contribution is -2.41. The van der Waals surface area contributed by atoms with Crippen LogP contribution in [0.1, 0.15) is 65.6 Å². The Hall–Kier alpha value is -2.57. The van der Waals surface area contributed by atoms with Gasteiger partial charge in [-0.25, -0.2) is 0 Å². The van der Waals surface area contributed by atoms with Crippen LogP contribution in [0.3, 0.4) is 0 Å². The molecule has 0 radical (unpaired) electrons. The molecular formula is C28H36ClN3O3. The first kappa shape index (κ1) is 25.5. The third-order valence-corrected chi connectivity index (χ3v) is 7.41. The molecule has 0 aromatic heterocycles. The van der Waals surface area contributed by atoms with Gasteiger partial charge >= 0.3 is 0 Å². The fourth-order valence-corrected chi connectivity index (χ4v) is 5.59. The Morgan fingerprint density at radius 2 is 1.80 bits per heavy atom. The van der Waals surface area contributed by atoms with Crippen molar-refractivity contribution >= 4 is 24.0 Å². The van der Waals surface area contributed by atoms with Crippen LogP contribution >= 0.6 is 12.4 Å². The van der Waals surface area contributed by atoms with Crippen LogP contribution in [0.5, 0.6) is 11.5 Å². The number of aliphatic imine (C=N–C) groups is 1. The van der Waals surface area contributed by atoms with E-state index in [1.165, 1.54) is 12.0 Å². The van der Waals surface area contributed by atoms with Gasteiger partial charge in [-0.05, 0) is 76.0 Å². The number of benzene rings is 2. The van der Waals surface area contributed by atoms with Gasteiger partial charge in [0.1, 0.15) is 0 Å². The monoisotopic (exact) mass is 497 g/mol. The number of carbonyl (C=O) groups is 1. The van der Waals surface area contributed by atoms with Gasteiger partial charge in [-0.15, -0.1) is 12.4 Å². The van der Waals surface area contributed by atoms with E-state index in [0.717, 1.165) is 79.3 Å². The Bertz CT molecular complexity index is 1080. The lowest BCUT2D eigenvalue weighted by Gasteiger charge is -2.39. The molecule has 6 nitrogen and oxygen atoms in total. The predicted molar refractivity (Wildman–Crippen MR) is 142 cm³/mol. The minimum absolute atomic E-state index is 0. The number of nitrogens with zero attached hydrogens (tertiary/aromatic N) is 3.